The van der Waals surface area contributed by atoms with E-state index in [2.05, 4.69) is 4.99 Å². The molecule has 0 unspecified atom stereocenters. The maximum Gasteiger partial charge on any atom is 0.235 e. The first-order valence-electron chi connectivity index (χ1n) is 6.43. The van der Waals surface area contributed by atoms with Crippen LogP contribution >= 0.6 is 0 Å². The Morgan fingerprint density at radius 1 is 1.25 bits per heavy atom. The van der Waals surface area contributed by atoms with Gasteiger partial charge in [-0.05, 0) is 38.8 Å². The molecular weight excluding hydrogens is 261 g/mol. The Kier molecular flexibility index (Phi) is 3.57. The van der Waals surface area contributed by atoms with Gasteiger partial charge in [0, 0.05) is 11.1 Å². The summed E-state index contributed by atoms with van der Waals surface area (Å²) >= 11 is 0. The van der Waals surface area contributed by atoms with E-state index in [0.29, 0.717) is 17.1 Å². The third kappa shape index (κ3) is 2.41. The van der Waals surface area contributed by atoms with Crippen LogP contribution in [0.3, 0.4) is 0 Å². The molecule has 1 aromatic carbocycles. The van der Waals surface area contributed by atoms with Gasteiger partial charge in [-0.2, -0.15) is 4.99 Å². The van der Waals surface area contributed by atoms with E-state index in [4.69, 9.17) is 9.47 Å². The Hall–Kier alpha value is -1.87. The highest BCUT2D eigenvalue weighted by molar-refractivity contribution is 5.54. The van der Waals surface area contributed by atoms with Crippen LogP contribution < -0.4 is 9.47 Å². The van der Waals surface area contributed by atoms with E-state index in [1.807, 2.05) is 0 Å². The molecule has 0 heterocycles. The zero-order valence-electron chi connectivity index (χ0n) is 12.1. The lowest BCUT2D eigenvalue weighted by molar-refractivity contribution is 0.212. The van der Waals surface area contributed by atoms with Gasteiger partial charge in [0.2, 0.25) is 6.08 Å². The van der Waals surface area contributed by atoms with E-state index in [1.165, 1.54) is 28.1 Å². The summed E-state index contributed by atoms with van der Waals surface area (Å²) in [6.45, 7) is 2.92. The number of nitrogens with zero attached hydrogens (tertiary/aromatic N) is 1. The molecule has 0 N–H and O–H groups in total. The van der Waals surface area contributed by atoms with Gasteiger partial charge in [-0.25, -0.2) is 9.18 Å². The van der Waals surface area contributed by atoms with Crippen LogP contribution in [0.25, 0.3) is 0 Å². The van der Waals surface area contributed by atoms with Crippen LogP contribution in [0.2, 0.25) is 0 Å². The predicted octanol–water partition coefficient (Wildman–Crippen LogP) is 3.23. The first kappa shape index (κ1) is 14.5. The number of methoxy groups -OCH3 is 2. The van der Waals surface area contributed by atoms with E-state index in [9.17, 15) is 9.18 Å². The fourth-order valence-corrected chi connectivity index (χ4v) is 2.37. The molecule has 0 aliphatic heterocycles. The lowest BCUT2D eigenvalue weighted by Gasteiger charge is -2.22. The van der Waals surface area contributed by atoms with Crippen LogP contribution in [-0.4, -0.2) is 20.3 Å². The Morgan fingerprint density at radius 2 is 1.85 bits per heavy atom. The van der Waals surface area contributed by atoms with Gasteiger partial charge in [0.25, 0.3) is 0 Å². The Bertz CT molecular complexity index is 567. The molecule has 1 saturated carbocycles. The smallest absolute Gasteiger partial charge is 0.235 e. The van der Waals surface area contributed by atoms with Crippen LogP contribution in [0.15, 0.2) is 17.1 Å². The van der Waals surface area contributed by atoms with Crippen molar-refractivity contribution in [3.63, 3.8) is 0 Å². The van der Waals surface area contributed by atoms with Crippen molar-refractivity contribution in [3.05, 3.63) is 23.3 Å². The minimum atomic E-state index is -1.55. The maximum absolute atomic E-state index is 14.3. The van der Waals surface area contributed by atoms with Crippen LogP contribution in [0.1, 0.15) is 37.8 Å². The molecular formula is C15H18FNO3. The molecule has 1 aliphatic carbocycles. The zero-order chi connectivity index (χ0) is 15.0. The second kappa shape index (κ2) is 4.91. The molecule has 1 fully saturated rings. The number of benzene rings is 1. The van der Waals surface area contributed by atoms with E-state index in [-0.39, 0.29) is 0 Å². The van der Waals surface area contributed by atoms with Gasteiger partial charge in [-0.15, -0.1) is 0 Å². The number of hydrogen-bond acceptors (Lipinski definition) is 4. The second-order valence-corrected chi connectivity index (χ2v) is 5.46. The summed E-state index contributed by atoms with van der Waals surface area (Å²) in [6.07, 6.45) is 3.11. The Morgan fingerprint density at radius 3 is 2.25 bits per heavy atom. The summed E-state index contributed by atoms with van der Waals surface area (Å²) in [5.41, 5.74) is -0.985. The fraction of sp³-hybridized carbons (Fsp3) is 0.533. The molecule has 0 bridgehead atoms. The molecule has 2 rings (SSSR count). The van der Waals surface area contributed by atoms with Crippen molar-refractivity contribution < 1.29 is 18.7 Å². The predicted molar refractivity (Wildman–Crippen MR) is 72.7 cm³/mol. The lowest BCUT2D eigenvalue weighted by Crippen LogP contribution is -2.14. The zero-order valence-corrected chi connectivity index (χ0v) is 12.1. The minimum Gasteiger partial charge on any atom is -0.496 e. The highest BCUT2D eigenvalue weighted by Gasteiger charge is 2.47. The molecule has 1 aliphatic rings. The van der Waals surface area contributed by atoms with Crippen molar-refractivity contribution in [2.75, 3.05) is 14.2 Å². The number of rotatable bonds is 5. The van der Waals surface area contributed by atoms with E-state index >= 15 is 0 Å². The number of halogens is 1. The molecule has 0 spiro atoms. The quantitative estimate of drug-likeness (QED) is 0.614. The van der Waals surface area contributed by atoms with Crippen molar-refractivity contribution >= 4 is 6.08 Å². The van der Waals surface area contributed by atoms with Gasteiger partial charge < -0.3 is 9.47 Å². The number of ether oxygens (including phenoxy) is 2. The molecule has 4 nitrogen and oxygen atoms in total. The largest absolute Gasteiger partial charge is 0.496 e. The molecule has 0 atom stereocenters. The lowest BCUT2D eigenvalue weighted by atomic mass is 9.94. The standard InChI is InChI=1S/C15H18FNO3/c1-14(2,16)10-7-13(20-4)11(8-12(10)19-3)15(5-6-15)17-9-18/h7-8H,5-6H2,1-4H3. The minimum absolute atomic E-state index is 0.409. The van der Waals surface area contributed by atoms with E-state index < -0.39 is 11.2 Å². The average molecular weight is 279 g/mol. The summed E-state index contributed by atoms with van der Waals surface area (Å²) in [6, 6.07) is 3.33. The highest BCUT2D eigenvalue weighted by atomic mass is 19.1. The SMILES string of the molecule is COc1cc(C2(N=C=O)CC2)c(OC)cc1C(C)(C)F. The average Bonchev–Trinajstić information content (AvgIpc) is 3.17. The van der Waals surface area contributed by atoms with E-state index in [1.54, 1.807) is 18.2 Å². The van der Waals surface area contributed by atoms with Gasteiger partial charge in [0.05, 0.1) is 14.2 Å². The first-order chi connectivity index (χ1) is 9.38. The van der Waals surface area contributed by atoms with Crippen molar-refractivity contribution in [1.29, 1.82) is 0 Å². The van der Waals surface area contributed by atoms with Crippen LogP contribution in [0.5, 0.6) is 11.5 Å². The van der Waals surface area contributed by atoms with Crippen molar-refractivity contribution in [2.24, 2.45) is 4.99 Å². The molecule has 1 aromatic rings. The monoisotopic (exact) mass is 279 g/mol. The molecule has 0 aromatic heterocycles. The second-order valence-electron chi connectivity index (χ2n) is 5.46. The summed E-state index contributed by atoms with van der Waals surface area (Å²) in [5, 5.41) is 0. The number of carbonyl (C=O) groups excluding carboxylic acids is 1. The molecule has 0 saturated heterocycles. The van der Waals surface area contributed by atoms with Gasteiger partial charge in [0.15, 0.2) is 0 Å². The van der Waals surface area contributed by atoms with Gasteiger partial charge in [0.1, 0.15) is 22.7 Å². The number of isocyanates is 1. The maximum atomic E-state index is 14.3. The summed E-state index contributed by atoms with van der Waals surface area (Å²) in [4.78, 5) is 14.5. The van der Waals surface area contributed by atoms with E-state index in [0.717, 1.165) is 18.4 Å². The molecule has 108 valence electrons. The summed E-state index contributed by atoms with van der Waals surface area (Å²) < 4.78 is 24.9. The summed E-state index contributed by atoms with van der Waals surface area (Å²) in [7, 11) is 3.00. The van der Waals surface area contributed by atoms with Crippen LogP contribution in [0, 0.1) is 0 Å². The summed E-state index contributed by atoms with van der Waals surface area (Å²) in [5.74, 6) is 0.948. The van der Waals surface area contributed by atoms with Crippen molar-refractivity contribution in [2.45, 2.75) is 37.9 Å². The third-order valence-electron chi connectivity index (χ3n) is 3.65. The molecule has 5 heteroatoms. The number of hydrogen-bond donors (Lipinski definition) is 0. The number of aliphatic imine (C=N–C) groups is 1. The molecule has 20 heavy (non-hydrogen) atoms. The van der Waals surface area contributed by atoms with Gasteiger partial charge in [-0.1, -0.05) is 0 Å². The van der Waals surface area contributed by atoms with Crippen molar-refractivity contribution in [3.8, 4) is 11.5 Å². The number of alkyl halides is 1. The normalized spacial score (nSPS) is 16.2. The Labute approximate surface area is 117 Å². The van der Waals surface area contributed by atoms with Gasteiger partial charge in [-0.3, -0.25) is 0 Å². The van der Waals surface area contributed by atoms with Crippen LogP contribution in [0.4, 0.5) is 4.39 Å². The molecule has 0 radical (unpaired) electrons. The molecule has 0 amide bonds. The first-order valence-corrected chi connectivity index (χ1v) is 6.43. The van der Waals surface area contributed by atoms with Crippen LogP contribution in [-0.2, 0) is 16.0 Å². The van der Waals surface area contributed by atoms with Gasteiger partial charge >= 0.3 is 0 Å². The highest BCUT2D eigenvalue weighted by Crippen LogP contribution is 2.54. The fourth-order valence-electron chi connectivity index (χ4n) is 2.37. The Balaban J connectivity index is 2.63. The topological polar surface area (TPSA) is 47.9 Å². The third-order valence-corrected chi connectivity index (χ3v) is 3.65. The van der Waals surface area contributed by atoms with Crippen molar-refractivity contribution in [1.82, 2.24) is 0 Å².